The smallest absolute Gasteiger partial charge is 0.299 e. The summed E-state index contributed by atoms with van der Waals surface area (Å²) in [6.45, 7) is 0.364. The maximum Gasteiger partial charge on any atom is 0.299 e. The lowest BCUT2D eigenvalue weighted by Crippen LogP contribution is -1.97. The molecule has 3 N–H and O–H groups in total. The fourth-order valence-electron chi connectivity index (χ4n) is 1.28. The predicted molar refractivity (Wildman–Crippen MR) is 60.7 cm³/mol. The summed E-state index contributed by atoms with van der Waals surface area (Å²) in [7, 11) is 1.62. The number of rotatable bonds is 4. The Morgan fingerprint density at radius 2 is 2.38 bits per heavy atom. The van der Waals surface area contributed by atoms with Crippen LogP contribution in [-0.2, 0) is 6.54 Å². The second-order valence-corrected chi connectivity index (χ2v) is 3.21. The van der Waals surface area contributed by atoms with Gasteiger partial charge < -0.3 is 20.2 Å². The van der Waals surface area contributed by atoms with Gasteiger partial charge in [0.25, 0.3) is 6.01 Å². The van der Waals surface area contributed by atoms with Crippen molar-refractivity contribution in [3.05, 3.63) is 36.2 Å². The van der Waals surface area contributed by atoms with E-state index in [0.717, 1.165) is 11.4 Å². The largest absolute Gasteiger partial charge is 0.497 e. The summed E-state index contributed by atoms with van der Waals surface area (Å²) in [4.78, 5) is 4.14. The molecule has 2 aromatic rings. The van der Waals surface area contributed by atoms with Gasteiger partial charge in [-0.3, -0.25) is 0 Å². The van der Waals surface area contributed by atoms with E-state index in [1.807, 2.05) is 24.3 Å². The van der Waals surface area contributed by atoms with E-state index in [4.69, 9.17) is 14.9 Å². The number of ether oxygens (including phenoxy) is 1. The fraction of sp³-hybridized carbons (Fsp3) is 0.182. The topological polar surface area (TPSA) is 73.3 Å². The third-order valence-electron chi connectivity index (χ3n) is 2.08. The quantitative estimate of drug-likeness (QED) is 0.821. The van der Waals surface area contributed by atoms with Crippen molar-refractivity contribution in [2.24, 2.45) is 5.73 Å². The summed E-state index contributed by atoms with van der Waals surface area (Å²) in [5.41, 5.74) is 7.00. The molecule has 0 saturated carbocycles. The van der Waals surface area contributed by atoms with E-state index in [1.54, 1.807) is 7.11 Å². The van der Waals surface area contributed by atoms with E-state index < -0.39 is 0 Å². The lowest BCUT2D eigenvalue weighted by atomic mass is 10.3. The van der Waals surface area contributed by atoms with Crippen LogP contribution < -0.4 is 15.8 Å². The van der Waals surface area contributed by atoms with Crippen LogP contribution in [0.15, 0.2) is 34.9 Å². The monoisotopic (exact) mass is 219 g/mol. The fourth-order valence-corrected chi connectivity index (χ4v) is 1.28. The number of nitrogens with one attached hydrogen (secondary N) is 1. The van der Waals surface area contributed by atoms with Gasteiger partial charge in [0.1, 0.15) is 12.0 Å². The molecular formula is C11H13N3O2. The number of nitrogens with two attached hydrogens (primary N) is 1. The van der Waals surface area contributed by atoms with Crippen LogP contribution >= 0.6 is 0 Å². The van der Waals surface area contributed by atoms with Crippen molar-refractivity contribution < 1.29 is 9.15 Å². The van der Waals surface area contributed by atoms with Gasteiger partial charge in [0.15, 0.2) is 0 Å². The summed E-state index contributed by atoms with van der Waals surface area (Å²) in [6.07, 6.45) is 1.53. The van der Waals surface area contributed by atoms with Crippen LogP contribution in [0.5, 0.6) is 5.75 Å². The molecular weight excluding hydrogens is 206 g/mol. The SMILES string of the molecule is COc1cccc(Nc2nc(CN)co2)c1. The first-order valence-corrected chi connectivity index (χ1v) is 4.87. The molecule has 0 fully saturated rings. The van der Waals surface area contributed by atoms with Gasteiger partial charge in [-0.05, 0) is 12.1 Å². The van der Waals surface area contributed by atoms with Crippen LogP contribution in [0.25, 0.3) is 0 Å². The number of nitrogens with zero attached hydrogens (tertiary/aromatic N) is 1. The van der Waals surface area contributed by atoms with Gasteiger partial charge >= 0.3 is 0 Å². The van der Waals surface area contributed by atoms with Gasteiger partial charge in [0.05, 0.1) is 12.8 Å². The maximum atomic E-state index is 5.43. The molecule has 5 nitrogen and oxygen atoms in total. The van der Waals surface area contributed by atoms with Crippen LogP contribution in [0.1, 0.15) is 5.69 Å². The molecule has 0 atom stereocenters. The first-order valence-electron chi connectivity index (χ1n) is 4.87. The van der Waals surface area contributed by atoms with Crippen molar-refractivity contribution in [1.82, 2.24) is 4.98 Å². The molecule has 16 heavy (non-hydrogen) atoms. The zero-order valence-electron chi connectivity index (χ0n) is 8.93. The molecule has 1 aromatic heterocycles. The Kier molecular flexibility index (Phi) is 3.07. The molecule has 0 spiro atoms. The lowest BCUT2D eigenvalue weighted by Gasteiger charge is -2.03. The number of benzene rings is 1. The highest BCUT2D eigenvalue weighted by Crippen LogP contribution is 2.20. The molecule has 5 heteroatoms. The second-order valence-electron chi connectivity index (χ2n) is 3.21. The van der Waals surface area contributed by atoms with Crippen LogP contribution in [0, 0.1) is 0 Å². The maximum absolute atomic E-state index is 5.43. The molecule has 2 rings (SSSR count). The minimum absolute atomic E-state index is 0.364. The number of anilines is 2. The Morgan fingerprint density at radius 3 is 3.06 bits per heavy atom. The minimum atomic E-state index is 0.364. The average molecular weight is 219 g/mol. The van der Waals surface area contributed by atoms with Crippen LogP contribution in [0.4, 0.5) is 11.7 Å². The number of methoxy groups -OCH3 is 1. The van der Waals surface area contributed by atoms with E-state index in [9.17, 15) is 0 Å². The first-order chi connectivity index (χ1) is 7.81. The number of oxazole rings is 1. The molecule has 0 aliphatic carbocycles. The predicted octanol–water partition coefficient (Wildman–Crippen LogP) is 1.89. The molecule has 84 valence electrons. The Labute approximate surface area is 93.2 Å². The van der Waals surface area contributed by atoms with Crippen molar-refractivity contribution in [1.29, 1.82) is 0 Å². The van der Waals surface area contributed by atoms with Gasteiger partial charge in [-0.1, -0.05) is 6.07 Å². The van der Waals surface area contributed by atoms with Gasteiger partial charge in [0, 0.05) is 18.3 Å². The highest BCUT2D eigenvalue weighted by atomic mass is 16.5. The normalized spacial score (nSPS) is 10.1. The van der Waals surface area contributed by atoms with E-state index in [-0.39, 0.29) is 0 Å². The standard InChI is InChI=1S/C11H13N3O2/c1-15-10-4-2-3-8(5-10)13-11-14-9(6-12)7-16-11/h2-5,7H,6,12H2,1H3,(H,13,14). The van der Waals surface area contributed by atoms with Crippen molar-refractivity contribution in [3.8, 4) is 5.75 Å². The summed E-state index contributed by atoms with van der Waals surface area (Å²) < 4.78 is 10.3. The van der Waals surface area contributed by atoms with E-state index in [1.165, 1.54) is 6.26 Å². The van der Waals surface area contributed by atoms with Gasteiger partial charge in [-0.2, -0.15) is 4.98 Å². The molecule has 0 amide bonds. The third-order valence-corrected chi connectivity index (χ3v) is 2.08. The third kappa shape index (κ3) is 2.32. The van der Waals surface area contributed by atoms with Crippen molar-refractivity contribution in [2.75, 3.05) is 12.4 Å². The van der Waals surface area contributed by atoms with Gasteiger partial charge in [-0.25, -0.2) is 0 Å². The summed E-state index contributed by atoms with van der Waals surface area (Å²) in [6, 6.07) is 7.93. The Bertz CT molecular complexity index is 468. The van der Waals surface area contributed by atoms with Crippen LogP contribution in [-0.4, -0.2) is 12.1 Å². The summed E-state index contributed by atoms with van der Waals surface area (Å²) in [5, 5.41) is 3.02. The minimum Gasteiger partial charge on any atom is -0.497 e. The average Bonchev–Trinajstić information content (AvgIpc) is 2.77. The zero-order chi connectivity index (χ0) is 11.4. The molecule has 0 aliphatic heterocycles. The van der Waals surface area contributed by atoms with Gasteiger partial charge in [0.2, 0.25) is 0 Å². The van der Waals surface area contributed by atoms with E-state index in [0.29, 0.717) is 18.3 Å². The van der Waals surface area contributed by atoms with Gasteiger partial charge in [-0.15, -0.1) is 0 Å². The Hall–Kier alpha value is -2.01. The molecule has 0 unspecified atom stereocenters. The second kappa shape index (κ2) is 4.67. The molecule has 1 heterocycles. The molecule has 0 radical (unpaired) electrons. The Balaban J connectivity index is 2.13. The lowest BCUT2D eigenvalue weighted by molar-refractivity contribution is 0.415. The van der Waals surface area contributed by atoms with Crippen molar-refractivity contribution in [3.63, 3.8) is 0 Å². The van der Waals surface area contributed by atoms with Crippen molar-refractivity contribution >= 4 is 11.7 Å². The van der Waals surface area contributed by atoms with E-state index >= 15 is 0 Å². The zero-order valence-corrected chi connectivity index (χ0v) is 8.93. The number of hydrogen-bond donors (Lipinski definition) is 2. The first kappa shape index (κ1) is 10.5. The highest BCUT2D eigenvalue weighted by Gasteiger charge is 2.03. The summed E-state index contributed by atoms with van der Waals surface area (Å²) >= 11 is 0. The summed E-state index contributed by atoms with van der Waals surface area (Å²) in [5.74, 6) is 0.774. The molecule has 0 aliphatic rings. The van der Waals surface area contributed by atoms with E-state index in [2.05, 4.69) is 10.3 Å². The molecule has 0 saturated heterocycles. The number of aromatic nitrogens is 1. The highest BCUT2D eigenvalue weighted by molar-refractivity contribution is 5.54. The van der Waals surface area contributed by atoms with Crippen LogP contribution in [0.2, 0.25) is 0 Å². The molecule has 0 bridgehead atoms. The number of hydrogen-bond acceptors (Lipinski definition) is 5. The Morgan fingerprint density at radius 1 is 1.50 bits per heavy atom. The molecule has 1 aromatic carbocycles. The van der Waals surface area contributed by atoms with Crippen molar-refractivity contribution in [2.45, 2.75) is 6.54 Å². The van der Waals surface area contributed by atoms with Crippen LogP contribution in [0.3, 0.4) is 0 Å².